The van der Waals surface area contributed by atoms with E-state index >= 15 is 0 Å². The molecule has 0 unspecified atom stereocenters. The second kappa shape index (κ2) is 7.02. The van der Waals surface area contributed by atoms with Crippen molar-refractivity contribution in [2.45, 2.75) is 0 Å². The number of nitrogens with one attached hydrogen (secondary N) is 1. The fourth-order valence-electron chi connectivity index (χ4n) is 1.78. The van der Waals surface area contributed by atoms with Gasteiger partial charge in [-0.25, -0.2) is 0 Å². The van der Waals surface area contributed by atoms with Crippen LogP contribution in [0.25, 0.3) is 6.08 Å². The van der Waals surface area contributed by atoms with E-state index in [0.29, 0.717) is 0 Å². The Morgan fingerprint density at radius 3 is 2.43 bits per heavy atom. The zero-order chi connectivity index (χ0) is 14.3. The predicted molar refractivity (Wildman–Crippen MR) is 94.3 cm³/mol. The molecule has 3 rings (SSSR count). The number of benzene rings is 1. The third-order valence-electron chi connectivity index (χ3n) is 2.80. The Labute approximate surface area is 132 Å². The summed E-state index contributed by atoms with van der Waals surface area (Å²) in [5.41, 5.74) is 5.03. The molecule has 1 N–H and O–H groups in total. The van der Waals surface area contributed by atoms with Crippen LogP contribution < -0.4 is 5.43 Å². The lowest BCUT2D eigenvalue weighted by atomic mass is 10.2. The van der Waals surface area contributed by atoms with E-state index in [2.05, 4.69) is 45.6 Å². The maximum Gasteiger partial charge on any atom is 0.101 e. The number of rotatable bonds is 5. The molecule has 0 aliphatic heterocycles. The van der Waals surface area contributed by atoms with Gasteiger partial charge in [0.2, 0.25) is 0 Å². The molecule has 0 amide bonds. The zero-order valence-electron chi connectivity index (χ0n) is 11.3. The van der Waals surface area contributed by atoms with Gasteiger partial charge in [-0.05, 0) is 47.2 Å². The van der Waals surface area contributed by atoms with E-state index in [0.717, 1.165) is 16.3 Å². The standard InChI is InChI=1S/C17H14N2S2/c1-2-6-14(7-3-1)18-19-16(17-9-5-13-21-17)11-10-15-8-4-12-20-15/h1-13,18H/b11-10+,19-16+. The highest BCUT2D eigenvalue weighted by Gasteiger charge is 2.01. The fourth-order valence-corrected chi connectivity index (χ4v) is 3.10. The molecule has 0 aliphatic rings. The van der Waals surface area contributed by atoms with Crippen molar-refractivity contribution in [1.82, 2.24) is 0 Å². The van der Waals surface area contributed by atoms with Gasteiger partial charge in [0.25, 0.3) is 0 Å². The maximum atomic E-state index is 4.53. The van der Waals surface area contributed by atoms with Crippen molar-refractivity contribution in [1.29, 1.82) is 0 Å². The van der Waals surface area contributed by atoms with Crippen LogP contribution in [0.4, 0.5) is 5.69 Å². The van der Waals surface area contributed by atoms with E-state index in [9.17, 15) is 0 Å². The molecule has 0 spiro atoms. The minimum Gasteiger partial charge on any atom is -0.278 e. The van der Waals surface area contributed by atoms with E-state index in [4.69, 9.17) is 0 Å². The van der Waals surface area contributed by atoms with Crippen molar-refractivity contribution in [2.24, 2.45) is 5.10 Å². The van der Waals surface area contributed by atoms with Gasteiger partial charge in [-0.3, -0.25) is 5.43 Å². The molecule has 104 valence electrons. The quantitative estimate of drug-likeness (QED) is 0.499. The summed E-state index contributed by atoms with van der Waals surface area (Å²) in [5.74, 6) is 0. The molecular weight excluding hydrogens is 296 g/mol. The highest BCUT2D eigenvalue weighted by atomic mass is 32.1. The Bertz CT molecular complexity index is 712. The van der Waals surface area contributed by atoms with Gasteiger partial charge >= 0.3 is 0 Å². The van der Waals surface area contributed by atoms with Gasteiger partial charge in [0.1, 0.15) is 5.71 Å². The lowest BCUT2D eigenvalue weighted by Gasteiger charge is -2.02. The monoisotopic (exact) mass is 310 g/mol. The summed E-state index contributed by atoms with van der Waals surface area (Å²) in [6, 6.07) is 18.2. The van der Waals surface area contributed by atoms with Crippen molar-refractivity contribution < 1.29 is 0 Å². The Hall–Kier alpha value is -2.17. The van der Waals surface area contributed by atoms with Gasteiger partial charge < -0.3 is 0 Å². The van der Waals surface area contributed by atoms with Crippen molar-refractivity contribution in [2.75, 3.05) is 5.43 Å². The number of hydrogen-bond acceptors (Lipinski definition) is 4. The van der Waals surface area contributed by atoms with Crippen molar-refractivity contribution in [3.63, 3.8) is 0 Å². The number of hydrogen-bond donors (Lipinski definition) is 1. The van der Waals surface area contributed by atoms with Crippen LogP contribution in [0, 0.1) is 0 Å². The molecule has 2 heterocycles. The van der Waals surface area contributed by atoms with Gasteiger partial charge in [-0.2, -0.15) is 5.10 Å². The van der Waals surface area contributed by atoms with E-state index in [1.165, 1.54) is 4.88 Å². The van der Waals surface area contributed by atoms with Crippen molar-refractivity contribution >= 4 is 40.1 Å². The van der Waals surface area contributed by atoms with Crippen molar-refractivity contribution in [3.05, 3.63) is 81.2 Å². The van der Waals surface area contributed by atoms with Crippen LogP contribution in [0.15, 0.2) is 76.5 Å². The molecule has 0 atom stereocenters. The first kappa shape index (κ1) is 13.8. The molecule has 0 saturated heterocycles. The molecular formula is C17H14N2S2. The Morgan fingerprint density at radius 1 is 0.905 bits per heavy atom. The minimum absolute atomic E-state index is 0.933. The fraction of sp³-hybridized carbons (Fsp3) is 0. The summed E-state index contributed by atoms with van der Waals surface area (Å²) >= 11 is 3.40. The zero-order valence-corrected chi connectivity index (χ0v) is 12.9. The highest BCUT2D eigenvalue weighted by Crippen LogP contribution is 2.15. The maximum absolute atomic E-state index is 4.53. The normalized spacial score (nSPS) is 11.9. The first-order valence-electron chi connectivity index (χ1n) is 6.56. The topological polar surface area (TPSA) is 24.4 Å². The first-order chi connectivity index (χ1) is 10.4. The van der Waals surface area contributed by atoms with Gasteiger partial charge in [-0.1, -0.05) is 30.3 Å². The van der Waals surface area contributed by atoms with Crippen LogP contribution in [0.1, 0.15) is 9.75 Å². The lowest BCUT2D eigenvalue weighted by molar-refractivity contribution is 1.34. The lowest BCUT2D eigenvalue weighted by Crippen LogP contribution is -1.99. The van der Waals surface area contributed by atoms with Gasteiger partial charge in [-0.15, -0.1) is 22.7 Å². The number of nitrogens with zero attached hydrogens (tertiary/aromatic N) is 1. The van der Waals surface area contributed by atoms with Gasteiger partial charge in [0.05, 0.1) is 10.6 Å². The van der Waals surface area contributed by atoms with Crippen LogP contribution >= 0.6 is 22.7 Å². The molecule has 0 aliphatic carbocycles. The molecule has 21 heavy (non-hydrogen) atoms. The third kappa shape index (κ3) is 3.90. The molecule has 2 nitrogen and oxygen atoms in total. The molecule has 2 aromatic heterocycles. The van der Waals surface area contributed by atoms with Crippen LogP contribution in [0.5, 0.6) is 0 Å². The number of hydrazone groups is 1. The van der Waals surface area contributed by atoms with Gasteiger partial charge in [0, 0.05) is 4.88 Å². The average Bonchev–Trinajstić information content (AvgIpc) is 3.22. The largest absolute Gasteiger partial charge is 0.278 e. The summed E-state index contributed by atoms with van der Waals surface area (Å²) < 4.78 is 0. The first-order valence-corrected chi connectivity index (χ1v) is 8.32. The molecule has 0 saturated carbocycles. The summed E-state index contributed by atoms with van der Waals surface area (Å²) in [6.45, 7) is 0. The van der Waals surface area contributed by atoms with Crippen LogP contribution in [0.3, 0.4) is 0 Å². The smallest absolute Gasteiger partial charge is 0.101 e. The summed E-state index contributed by atoms with van der Waals surface area (Å²) in [6.07, 6.45) is 4.14. The Balaban J connectivity index is 1.82. The molecule has 1 aromatic carbocycles. The summed E-state index contributed by atoms with van der Waals surface area (Å²) in [7, 11) is 0. The van der Waals surface area contributed by atoms with E-state index in [-0.39, 0.29) is 0 Å². The van der Waals surface area contributed by atoms with Crippen LogP contribution in [-0.4, -0.2) is 5.71 Å². The second-order valence-electron chi connectivity index (χ2n) is 4.30. The summed E-state index contributed by atoms with van der Waals surface area (Å²) in [5, 5.41) is 8.67. The molecule has 0 bridgehead atoms. The number of anilines is 1. The molecule has 3 aromatic rings. The van der Waals surface area contributed by atoms with E-state index in [1.807, 2.05) is 42.5 Å². The number of para-hydroxylation sites is 1. The van der Waals surface area contributed by atoms with Crippen molar-refractivity contribution in [3.8, 4) is 0 Å². The minimum atomic E-state index is 0.933. The average molecular weight is 310 g/mol. The van der Waals surface area contributed by atoms with E-state index < -0.39 is 0 Å². The van der Waals surface area contributed by atoms with Crippen LogP contribution in [0.2, 0.25) is 0 Å². The SMILES string of the molecule is C(=C\c1cccs1)/C(=N\Nc1ccccc1)c1cccs1. The van der Waals surface area contributed by atoms with Crippen LogP contribution in [-0.2, 0) is 0 Å². The number of allylic oxidation sites excluding steroid dienone is 1. The Morgan fingerprint density at radius 2 is 1.71 bits per heavy atom. The second-order valence-corrected chi connectivity index (χ2v) is 6.23. The predicted octanol–water partition coefficient (Wildman–Crippen LogP) is 5.34. The van der Waals surface area contributed by atoms with E-state index in [1.54, 1.807) is 22.7 Å². The van der Waals surface area contributed by atoms with Gasteiger partial charge in [0.15, 0.2) is 0 Å². The molecule has 4 heteroatoms. The Kier molecular flexibility index (Phi) is 4.61. The molecule has 0 radical (unpaired) electrons. The highest BCUT2D eigenvalue weighted by molar-refractivity contribution is 7.12. The third-order valence-corrected chi connectivity index (χ3v) is 4.53. The summed E-state index contributed by atoms with van der Waals surface area (Å²) in [4.78, 5) is 2.37. The number of thiophene rings is 2. The molecule has 0 fully saturated rings.